The van der Waals surface area contributed by atoms with Crippen LogP contribution in [0.4, 0.5) is 18.9 Å². The van der Waals surface area contributed by atoms with Crippen LogP contribution in [0, 0.1) is 0 Å². The third-order valence-electron chi connectivity index (χ3n) is 2.15. The average molecular weight is 229 g/mol. The van der Waals surface area contributed by atoms with Crippen molar-refractivity contribution >= 4 is 5.69 Å². The van der Waals surface area contributed by atoms with Crippen molar-refractivity contribution in [3.63, 3.8) is 0 Å². The fourth-order valence-electron chi connectivity index (χ4n) is 1.47. The van der Waals surface area contributed by atoms with Crippen molar-refractivity contribution in [3.05, 3.63) is 41.6 Å². The molecule has 0 aliphatic rings. The SMILES string of the molecule is C=C(C)Nc1ccc(CC)c(C(F)(F)F)c1. The third-order valence-corrected chi connectivity index (χ3v) is 2.15. The van der Waals surface area contributed by atoms with Crippen LogP contribution < -0.4 is 5.32 Å². The summed E-state index contributed by atoms with van der Waals surface area (Å²) >= 11 is 0. The highest BCUT2D eigenvalue weighted by Crippen LogP contribution is 2.34. The molecule has 1 aromatic rings. The van der Waals surface area contributed by atoms with Crippen molar-refractivity contribution in [1.29, 1.82) is 0 Å². The van der Waals surface area contributed by atoms with E-state index in [1.54, 1.807) is 19.9 Å². The Bertz CT molecular complexity index is 394. The molecule has 88 valence electrons. The van der Waals surface area contributed by atoms with E-state index in [2.05, 4.69) is 11.9 Å². The second-order valence-corrected chi connectivity index (χ2v) is 3.63. The van der Waals surface area contributed by atoms with E-state index in [9.17, 15) is 13.2 Å². The topological polar surface area (TPSA) is 12.0 Å². The first-order valence-corrected chi connectivity index (χ1v) is 4.97. The first-order valence-electron chi connectivity index (χ1n) is 4.97. The first-order chi connectivity index (χ1) is 7.34. The van der Waals surface area contributed by atoms with E-state index in [4.69, 9.17) is 0 Å². The van der Waals surface area contributed by atoms with Gasteiger partial charge in [-0.3, -0.25) is 0 Å². The Hall–Kier alpha value is -1.45. The number of hydrogen-bond acceptors (Lipinski definition) is 1. The molecule has 0 fully saturated rings. The summed E-state index contributed by atoms with van der Waals surface area (Å²) in [5.41, 5.74) is 0.746. The number of rotatable bonds is 3. The summed E-state index contributed by atoms with van der Waals surface area (Å²) in [6, 6.07) is 4.24. The summed E-state index contributed by atoms with van der Waals surface area (Å²) in [6.07, 6.45) is -3.94. The smallest absolute Gasteiger partial charge is 0.360 e. The van der Waals surface area contributed by atoms with Gasteiger partial charge in [0.05, 0.1) is 5.56 Å². The summed E-state index contributed by atoms with van der Waals surface area (Å²) < 4.78 is 38.1. The van der Waals surface area contributed by atoms with Crippen LogP contribution in [-0.4, -0.2) is 0 Å². The number of halogens is 3. The molecule has 1 rings (SSSR count). The summed E-state index contributed by atoms with van der Waals surface area (Å²) in [5, 5.41) is 2.77. The maximum absolute atomic E-state index is 12.7. The van der Waals surface area contributed by atoms with E-state index in [0.717, 1.165) is 6.07 Å². The molecular weight excluding hydrogens is 215 g/mol. The Morgan fingerprint density at radius 2 is 2.00 bits per heavy atom. The quantitative estimate of drug-likeness (QED) is 0.818. The molecule has 4 heteroatoms. The molecule has 0 aromatic heterocycles. The lowest BCUT2D eigenvalue weighted by molar-refractivity contribution is -0.138. The number of aryl methyl sites for hydroxylation is 1. The molecular formula is C12H14F3N. The van der Waals surface area contributed by atoms with E-state index in [0.29, 0.717) is 23.4 Å². The number of anilines is 1. The standard InChI is InChI=1S/C12H14F3N/c1-4-9-5-6-10(16-8(2)3)7-11(9)12(13,14)15/h5-7,16H,2,4H2,1,3H3. The molecule has 1 nitrogen and oxygen atoms in total. The highest BCUT2D eigenvalue weighted by Gasteiger charge is 2.33. The maximum atomic E-state index is 12.7. The van der Waals surface area contributed by atoms with Crippen LogP contribution in [0.5, 0.6) is 0 Å². The minimum absolute atomic E-state index is 0.305. The number of benzene rings is 1. The van der Waals surface area contributed by atoms with Gasteiger partial charge in [-0.25, -0.2) is 0 Å². The van der Waals surface area contributed by atoms with Crippen molar-refractivity contribution in [2.75, 3.05) is 5.32 Å². The molecule has 0 aliphatic heterocycles. The average Bonchev–Trinajstić information content (AvgIpc) is 2.15. The molecule has 1 N–H and O–H groups in total. The molecule has 0 saturated heterocycles. The molecule has 0 spiro atoms. The van der Waals surface area contributed by atoms with E-state index >= 15 is 0 Å². The van der Waals surface area contributed by atoms with Gasteiger partial charge in [-0.05, 0) is 31.0 Å². The van der Waals surface area contributed by atoms with Crippen molar-refractivity contribution < 1.29 is 13.2 Å². The van der Waals surface area contributed by atoms with Gasteiger partial charge in [0.1, 0.15) is 0 Å². The van der Waals surface area contributed by atoms with Crippen LogP contribution in [0.1, 0.15) is 25.0 Å². The number of nitrogens with one attached hydrogen (secondary N) is 1. The predicted molar refractivity (Wildman–Crippen MR) is 59.3 cm³/mol. The monoisotopic (exact) mass is 229 g/mol. The zero-order valence-corrected chi connectivity index (χ0v) is 9.28. The van der Waals surface area contributed by atoms with Crippen molar-refractivity contribution in [1.82, 2.24) is 0 Å². The fraction of sp³-hybridized carbons (Fsp3) is 0.333. The predicted octanol–water partition coefficient (Wildman–Crippen LogP) is 4.21. The largest absolute Gasteiger partial charge is 0.416 e. The molecule has 1 aromatic carbocycles. The number of alkyl halides is 3. The van der Waals surface area contributed by atoms with E-state index < -0.39 is 11.7 Å². The summed E-state index contributed by atoms with van der Waals surface area (Å²) in [5.74, 6) is 0. The van der Waals surface area contributed by atoms with Crippen LogP contribution in [0.3, 0.4) is 0 Å². The Balaban J connectivity index is 3.16. The molecule has 16 heavy (non-hydrogen) atoms. The summed E-state index contributed by atoms with van der Waals surface area (Å²) in [7, 11) is 0. The lowest BCUT2D eigenvalue weighted by Gasteiger charge is -2.14. The van der Waals surface area contributed by atoms with Gasteiger partial charge in [-0.1, -0.05) is 19.6 Å². The van der Waals surface area contributed by atoms with Crippen molar-refractivity contribution in [2.24, 2.45) is 0 Å². The van der Waals surface area contributed by atoms with Crippen molar-refractivity contribution in [3.8, 4) is 0 Å². The highest BCUT2D eigenvalue weighted by atomic mass is 19.4. The molecule has 0 heterocycles. The maximum Gasteiger partial charge on any atom is 0.416 e. The first kappa shape index (κ1) is 12.6. The van der Waals surface area contributed by atoms with Gasteiger partial charge < -0.3 is 5.32 Å². The molecule has 0 aliphatic carbocycles. The Labute approximate surface area is 93.0 Å². The van der Waals surface area contributed by atoms with Gasteiger partial charge in [-0.2, -0.15) is 13.2 Å². The van der Waals surface area contributed by atoms with Crippen LogP contribution in [0.25, 0.3) is 0 Å². The zero-order chi connectivity index (χ0) is 12.3. The molecule has 0 amide bonds. The van der Waals surface area contributed by atoms with E-state index in [1.165, 1.54) is 6.07 Å². The second-order valence-electron chi connectivity index (χ2n) is 3.63. The van der Waals surface area contributed by atoms with Crippen LogP contribution >= 0.6 is 0 Å². The molecule has 0 saturated carbocycles. The Kier molecular flexibility index (Phi) is 3.62. The van der Waals surface area contributed by atoms with Gasteiger partial charge in [0.25, 0.3) is 0 Å². The van der Waals surface area contributed by atoms with Gasteiger partial charge in [0.2, 0.25) is 0 Å². The lowest BCUT2D eigenvalue weighted by Crippen LogP contribution is -2.09. The lowest BCUT2D eigenvalue weighted by atomic mass is 10.0. The summed E-state index contributed by atoms with van der Waals surface area (Å²) in [4.78, 5) is 0. The van der Waals surface area contributed by atoms with Crippen molar-refractivity contribution in [2.45, 2.75) is 26.4 Å². The third kappa shape index (κ3) is 3.02. The van der Waals surface area contributed by atoms with Gasteiger partial charge in [0.15, 0.2) is 0 Å². The van der Waals surface area contributed by atoms with Crippen LogP contribution in [0.2, 0.25) is 0 Å². The highest BCUT2D eigenvalue weighted by molar-refractivity contribution is 5.52. The van der Waals surface area contributed by atoms with Gasteiger partial charge >= 0.3 is 6.18 Å². The minimum atomic E-state index is -4.31. The molecule has 0 radical (unpaired) electrons. The van der Waals surface area contributed by atoms with E-state index in [-0.39, 0.29) is 0 Å². The number of hydrogen-bond donors (Lipinski definition) is 1. The number of allylic oxidation sites excluding steroid dienone is 1. The fourth-order valence-corrected chi connectivity index (χ4v) is 1.47. The molecule has 0 atom stereocenters. The minimum Gasteiger partial charge on any atom is -0.360 e. The van der Waals surface area contributed by atoms with Crippen LogP contribution in [0.15, 0.2) is 30.5 Å². The summed E-state index contributed by atoms with van der Waals surface area (Å²) in [6.45, 7) is 6.99. The van der Waals surface area contributed by atoms with Crippen LogP contribution in [-0.2, 0) is 12.6 Å². The molecule has 0 bridgehead atoms. The van der Waals surface area contributed by atoms with Gasteiger partial charge in [0, 0.05) is 11.4 Å². The van der Waals surface area contributed by atoms with Gasteiger partial charge in [-0.15, -0.1) is 0 Å². The van der Waals surface area contributed by atoms with E-state index in [1.807, 2.05) is 0 Å². The Morgan fingerprint density at radius 1 is 1.38 bits per heavy atom. The second kappa shape index (κ2) is 4.60. The normalized spacial score (nSPS) is 11.3. The zero-order valence-electron chi connectivity index (χ0n) is 9.28. The Morgan fingerprint density at radius 3 is 2.44 bits per heavy atom. The molecule has 0 unspecified atom stereocenters.